The summed E-state index contributed by atoms with van der Waals surface area (Å²) in [5.41, 5.74) is 3.12. The highest BCUT2D eigenvalue weighted by molar-refractivity contribution is 9.10. The van der Waals surface area contributed by atoms with Gasteiger partial charge in [0.25, 0.3) is 0 Å². The summed E-state index contributed by atoms with van der Waals surface area (Å²) in [6, 6.07) is 22.1. The molecular formula is C23H17BrClNO2. The van der Waals surface area contributed by atoms with Gasteiger partial charge in [-0.3, -0.25) is 4.79 Å². The summed E-state index contributed by atoms with van der Waals surface area (Å²) >= 11 is 9.42. The van der Waals surface area contributed by atoms with Crippen molar-refractivity contribution < 1.29 is 9.90 Å². The molecule has 0 aliphatic carbocycles. The smallest absolute Gasteiger partial charge is 0.192 e. The van der Waals surface area contributed by atoms with Crippen LogP contribution in [0.15, 0.2) is 83.5 Å². The topological polar surface area (TPSA) is 53.1 Å². The van der Waals surface area contributed by atoms with Crippen LogP contribution in [0.25, 0.3) is 10.9 Å². The van der Waals surface area contributed by atoms with E-state index in [9.17, 15) is 9.90 Å². The van der Waals surface area contributed by atoms with Crippen molar-refractivity contribution in [2.75, 3.05) is 0 Å². The van der Waals surface area contributed by atoms with Crippen LogP contribution in [0.1, 0.15) is 27.4 Å². The van der Waals surface area contributed by atoms with Gasteiger partial charge < -0.3 is 10.1 Å². The molecular weight excluding hydrogens is 438 g/mol. The van der Waals surface area contributed by atoms with Crippen molar-refractivity contribution in [3.63, 3.8) is 0 Å². The van der Waals surface area contributed by atoms with Gasteiger partial charge in [0.2, 0.25) is 0 Å². The number of aromatic nitrogens is 1. The lowest BCUT2D eigenvalue weighted by molar-refractivity contribution is 0.0716. The Morgan fingerprint density at radius 3 is 2.36 bits per heavy atom. The van der Waals surface area contributed by atoms with Gasteiger partial charge in [0.05, 0.1) is 0 Å². The minimum atomic E-state index is -1.23. The number of aliphatic hydroxyl groups is 1. The summed E-state index contributed by atoms with van der Waals surface area (Å²) in [6.07, 6.45) is 0.628. The first kappa shape index (κ1) is 18.9. The number of aromatic amines is 1. The number of hydrogen-bond acceptors (Lipinski definition) is 2. The Balaban J connectivity index is 1.81. The molecule has 2 atom stereocenters. The fraction of sp³-hybridized carbons (Fsp3) is 0.0870. The predicted molar refractivity (Wildman–Crippen MR) is 116 cm³/mol. The average Bonchev–Trinajstić information content (AvgIpc) is 3.13. The average molecular weight is 455 g/mol. The fourth-order valence-electron chi connectivity index (χ4n) is 3.49. The van der Waals surface area contributed by atoms with E-state index in [-0.39, 0.29) is 5.78 Å². The zero-order valence-corrected chi connectivity index (χ0v) is 17.1. The molecule has 0 fully saturated rings. The highest BCUT2D eigenvalue weighted by atomic mass is 79.9. The molecule has 0 bridgehead atoms. The fourth-order valence-corrected chi connectivity index (χ4v) is 3.88. The molecule has 4 aromatic rings. The van der Waals surface area contributed by atoms with E-state index in [1.54, 1.807) is 36.4 Å². The summed E-state index contributed by atoms with van der Waals surface area (Å²) in [4.78, 5) is 16.3. The van der Waals surface area contributed by atoms with E-state index >= 15 is 0 Å². The van der Waals surface area contributed by atoms with E-state index in [2.05, 4.69) is 20.9 Å². The Labute approximate surface area is 176 Å². The summed E-state index contributed by atoms with van der Waals surface area (Å²) in [7, 11) is 0. The number of carbonyl (C=O) groups is 1. The first-order valence-electron chi connectivity index (χ1n) is 8.84. The van der Waals surface area contributed by atoms with Gasteiger partial charge in [-0.25, -0.2) is 0 Å². The van der Waals surface area contributed by atoms with Crippen LogP contribution in [0.5, 0.6) is 0 Å². The lowest BCUT2D eigenvalue weighted by Crippen LogP contribution is -2.29. The minimum Gasteiger partial charge on any atom is -0.384 e. The second kappa shape index (κ2) is 7.92. The van der Waals surface area contributed by atoms with Crippen LogP contribution in [-0.2, 0) is 0 Å². The van der Waals surface area contributed by atoms with Gasteiger partial charge in [0.15, 0.2) is 5.78 Å². The van der Waals surface area contributed by atoms with Crippen LogP contribution in [0.2, 0.25) is 5.02 Å². The first-order chi connectivity index (χ1) is 13.5. The number of nitrogens with one attached hydrogen (secondary N) is 1. The third kappa shape index (κ3) is 3.63. The maximum Gasteiger partial charge on any atom is 0.192 e. The SMILES string of the molecule is O=C(c1ccc(Br)cc1)[C@H](O)[C@@H](c1ccc(Cl)cc1)c1c[nH]c2ccccc12. The number of benzene rings is 3. The van der Waals surface area contributed by atoms with Crippen LogP contribution in [0, 0.1) is 0 Å². The second-order valence-electron chi connectivity index (χ2n) is 6.63. The van der Waals surface area contributed by atoms with Gasteiger partial charge in [0.1, 0.15) is 6.10 Å². The second-order valence-corrected chi connectivity index (χ2v) is 7.99. The van der Waals surface area contributed by atoms with Crippen LogP contribution in [-0.4, -0.2) is 22.0 Å². The largest absolute Gasteiger partial charge is 0.384 e. The molecule has 3 nitrogen and oxygen atoms in total. The van der Waals surface area contributed by atoms with E-state index in [0.717, 1.165) is 26.5 Å². The molecule has 0 saturated carbocycles. The molecule has 0 aliphatic heterocycles. The molecule has 140 valence electrons. The van der Waals surface area contributed by atoms with E-state index in [4.69, 9.17) is 11.6 Å². The standard InChI is InChI=1S/C23H17BrClNO2/c24-16-9-5-15(6-10-16)22(27)23(28)21(14-7-11-17(25)12-8-14)19-13-26-20-4-2-1-3-18(19)20/h1-13,21,23,26,28H/t21-,23+/m0/s1. The Kier molecular flexibility index (Phi) is 5.36. The van der Waals surface area contributed by atoms with Gasteiger partial charge in [-0.2, -0.15) is 0 Å². The van der Waals surface area contributed by atoms with Crippen LogP contribution in [0.3, 0.4) is 0 Å². The number of halogens is 2. The number of Topliss-reactive ketones (excluding diaryl/α,β-unsaturated/α-hetero) is 1. The first-order valence-corrected chi connectivity index (χ1v) is 10.0. The van der Waals surface area contributed by atoms with Crippen LogP contribution >= 0.6 is 27.5 Å². The van der Waals surface area contributed by atoms with E-state index < -0.39 is 12.0 Å². The molecule has 0 radical (unpaired) electrons. The number of para-hydroxylation sites is 1. The molecule has 5 heteroatoms. The van der Waals surface area contributed by atoms with Gasteiger partial charge in [0, 0.05) is 38.1 Å². The van der Waals surface area contributed by atoms with E-state index in [1.165, 1.54) is 0 Å². The van der Waals surface area contributed by atoms with Gasteiger partial charge in [-0.05, 0) is 41.5 Å². The Hall–Kier alpha value is -2.40. The van der Waals surface area contributed by atoms with Crippen molar-refractivity contribution >= 4 is 44.2 Å². The zero-order valence-electron chi connectivity index (χ0n) is 14.8. The molecule has 1 aromatic heterocycles. The van der Waals surface area contributed by atoms with Gasteiger partial charge in [-0.15, -0.1) is 0 Å². The van der Waals surface area contributed by atoms with Crippen LogP contribution < -0.4 is 0 Å². The Bertz CT molecular complexity index is 1120. The molecule has 0 saturated heterocycles. The van der Waals surface area contributed by atoms with Gasteiger partial charge >= 0.3 is 0 Å². The molecule has 0 unspecified atom stereocenters. The van der Waals surface area contributed by atoms with Crippen molar-refractivity contribution in [1.82, 2.24) is 4.98 Å². The maximum absolute atomic E-state index is 13.1. The minimum absolute atomic E-state index is 0.322. The van der Waals surface area contributed by atoms with Gasteiger partial charge in [-0.1, -0.05) is 70.0 Å². The molecule has 4 rings (SSSR count). The summed E-state index contributed by atoms with van der Waals surface area (Å²) in [5.74, 6) is -0.845. The normalized spacial score (nSPS) is 13.4. The molecule has 2 N–H and O–H groups in total. The molecule has 0 aliphatic rings. The number of hydrogen-bond donors (Lipinski definition) is 2. The zero-order chi connectivity index (χ0) is 19.7. The summed E-state index contributed by atoms with van der Waals surface area (Å²) in [5, 5.41) is 12.7. The number of ketones is 1. The Morgan fingerprint density at radius 1 is 0.964 bits per heavy atom. The van der Waals surface area contributed by atoms with E-state index in [1.807, 2.05) is 42.6 Å². The third-order valence-electron chi connectivity index (χ3n) is 4.90. The molecule has 28 heavy (non-hydrogen) atoms. The number of H-pyrrole nitrogens is 1. The monoisotopic (exact) mass is 453 g/mol. The molecule has 1 heterocycles. The van der Waals surface area contributed by atoms with Crippen molar-refractivity contribution in [2.45, 2.75) is 12.0 Å². The van der Waals surface area contributed by atoms with Crippen molar-refractivity contribution in [2.24, 2.45) is 0 Å². The number of rotatable bonds is 5. The van der Waals surface area contributed by atoms with Crippen molar-refractivity contribution in [3.05, 3.63) is 105 Å². The highest BCUT2D eigenvalue weighted by Crippen LogP contribution is 2.35. The lowest BCUT2D eigenvalue weighted by Gasteiger charge is -2.23. The van der Waals surface area contributed by atoms with Crippen molar-refractivity contribution in [3.8, 4) is 0 Å². The van der Waals surface area contributed by atoms with Crippen LogP contribution in [0.4, 0.5) is 0 Å². The van der Waals surface area contributed by atoms with Crippen molar-refractivity contribution in [1.29, 1.82) is 0 Å². The number of fused-ring (bicyclic) bond motifs is 1. The summed E-state index contributed by atoms with van der Waals surface area (Å²) < 4.78 is 0.879. The summed E-state index contributed by atoms with van der Waals surface area (Å²) in [6.45, 7) is 0. The molecule has 0 spiro atoms. The maximum atomic E-state index is 13.1. The third-order valence-corrected chi connectivity index (χ3v) is 5.68. The number of carbonyl (C=O) groups excluding carboxylic acids is 1. The highest BCUT2D eigenvalue weighted by Gasteiger charge is 2.31. The molecule has 3 aromatic carbocycles. The number of aliphatic hydroxyl groups excluding tert-OH is 1. The molecule has 0 amide bonds. The van der Waals surface area contributed by atoms with E-state index in [0.29, 0.717) is 10.6 Å². The quantitative estimate of drug-likeness (QED) is 0.366. The predicted octanol–water partition coefficient (Wildman–Crippen LogP) is 5.96. The lowest BCUT2D eigenvalue weighted by atomic mass is 9.83. The Morgan fingerprint density at radius 2 is 1.64 bits per heavy atom.